The minimum atomic E-state index is 0.494. The highest BCUT2D eigenvalue weighted by Crippen LogP contribution is 2.12. The van der Waals surface area contributed by atoms with Gasteiger partial charge in [0.15, 0.2) is 5.11 Å². The van der Waals surface area contributed by atoms with Crippen molar-refractivity contribution in [2.45, 2.75) is 32.6 Å². The van der Waals surface area contributed by atoms with Crippen LogP contribution in [-0.4, -0.2) is 25.0 Å². The van der Waals surface area contributed by atoms with E-state index in [0.717, 1.165) is 24.3 Å². The Morgan fingerprint density at radius 1 is 1.25 bits per heavy atom. The van der Waals surface area contributed by atoms with E-state index in [1.165, 1.54) is 19.3 Å². The monoisotopic (exact) mass is 293 g/mol. The second-order valence-electron chi connectivity index (χ2n) is 4.43. The zero-order valence-electron chi connectivity index (χ0n) is 12.2. The van der Waals surface area contributed by atoms with Crippen molar-refractivity contribution in [2.75, 3.05) is 13.7 Å². The van der Waals surface area contributed by atoms with Gasteiger partial charge in [0.25, 0.3) is 0 Å². The summed E-state index contributed by atoms with van der Waals surface area (Å²) in [7, 11) is 1.75. The van der Waals surface area contributed by atoms with E-state index in [4.69, 9.17) is 17.0 Å². The van der Waals surface area contributed by atoms with Crippen molar-refractivity contribution in [3.63, 3.8) is 0 Å². The Hall–Kier alpha value is -1.62. The highest BCUT2D eigenvalue weighted by atomic mass is 32.1. The Morgan fingerprint density at radius 2 is 2.00 bits per heavy atom. The molecule has 0 amide bonds. The lowest BCUT2D eigenvalue weighted by atomic mass is 10.2. The predicted octanol–water partition coefficient (Wildman–Crippen LogP) is 3.07. The summed E-state index contributed by atoms with van der Waals surface area (Å²) in [5.74, 6) is 0.900. The minimum absolute atomic E-state index is 0.494. The maximum atomic E-state index is 5.68. The zero-order valence-corrected chi connectivity index (χ0v) is 13.0. The first-order valence-electron chi connectivity index (χ1n) is 7.00. The van der Waals surface area contributed by atoms with E-state index in [-0.39, 0.29) is 0 Å². The maximum absolute atomic E-state index is 5.68. The molecule has 0 aromatic heterocycles. The summed E-state index contributed by atoms with van der Waals surface area (Å²) in [6.45, 7) is 2.99. The first-order chi connectivity index (χ1) is 9.76. The maximum Gasteiger partial charge on any atom is 0.186 e. The molecule has 110 valence electrons. The first-order valence-corrected chi connectivity index (χ1v) is 7.40. The van der Waals surface area contributed by atoms with Crippen LogP contribution in [0, 0.1) is 0 Å². The molecule has 4 nitrogen and oxygen atoms in total. The average molecular weight is 293 g/mol. The van der Waals surface area contributed by atoms with Gasteiger partial charge in [-0.2, -0.15) is 5.10 Å². The lowest BCUT2D eigenvalue weighted by Gasteiger charge is -2.06. The molecule has 0 aliphatic heterocycles. The number of thiocarbonyl (C=S) groups is 1. The lowest BCUT2D eigenvalue weighted by molar-refractivity contribution is 0.305. The van der Waals surface area contributed by atoms with Crippen molar-refractivity contribution in [1.82, 2.24) is 10.7 Å². The van der Waals surface area contributed by atoms with Crippen molar-refractivity contribution in [3.8, 4) is 5.75 Å². The van der Waals surface area contributed by atoms with E-state index >= 15 is 0 Å². The van der Waals surface area contributed by atoms with Gasteiger partial charge in [0.05, 0.1) is 12.8 Å². The Balaban J connectivity index is 2.31. The molecule has 0 aliphatic rings. The molecule has 0 unspecified atom stereocenters. The fraction of sp³-hybridized carbons (Fsp3) is 0.467. The molecule has 1 aromatic rings. The minimum Gasteiger partial charge on any atom is -0.494 e. The Morgan fingerprint density at radius 3 is 2.65 bits per heavy atom. The predicted molar refractivity (Wildman–Crippen MR) is 88.5 cm³/mol. The number of hydrazone groups is 1. The third-order valence-electron chi connectivity index (χ3n) is 2.75. The van der Waals surface area contributed by atoms with Gasteiger partial charge in [-0.3, -0.25) is 5.43 Å². The molecule has 0 spiro atoms. The van der Waals surface area contributed by atoms with E-state index in [1.54, 1.807) is 13.3 Å². The van der Waals surface area contributed by atoms with E-state index in [0.29, 0.717) is 5.11 Å². The van der Waals surface area contributed by atoms with E-state index < -0.39 is 0 Å². The van der Waals surface area contributed by atoms with Gasteiger partial charge in [-0.05, 0) is 48.5 Å². The van der Waals surface area contributed by atoms with Crippen LogP contribution in [0.2, 0.25) is 0 Å². The standard InChI is InChI=1S/C15H23N3OS/c1-3-4-5-6-11-19-14-9-7-13(8-10-14)12-17-18-15(20)16-2/h7-10,12H,3-6,11H2,1-2H3,(H2,16,18,20)/b17-12+. The van der Waals surface area contributed by atoms with Gasteiger partial charge < -0.3 is 10.1 Å². The van der Waals surface area contributed by atoms with Crippen LogP contribution in [0.4, 0.5) is 0 Å². The molecular weight excluding hydrogens is 270 g/mol. The summed E-state index contributed by atoms with van der Waals surface area (Å²) in [6.07, 6.45) is 6.59. The van der Waals surface area contributed by atoms with Gasteiger partial charge in [-0.15, -0.1) is 0 Å². The lowest BCUT2D eigenvalue weighted by Crippen LogP contribution is -2.28. The van der Waals surface area contributed by atoms with Gasteiger partial charge in [0.2, 0.25) is 0 Å². The van der Waals surface area contributed by atoms with Crippen LogP contribution in [0.1, 0.15) is 38.2 Å². The summed E-state index contributed by atoms with van der Waals surface area (Å²) >= 11 is 4.91. The number of unbranched alkanes of at least 4 members (excludes halogenated alkanes) is 3. The molecule has 0 heterocycles. The highest BCUT2D eigenvalue weighted by molar-refractivity contribution is 7.80. The summed E-state index contributed by atoms with van der Waals surface area (Å²) in [6, 6.07) is 7.85. The van der Waals surface area contributed by atoms with Crippen LogP contribution >= 0.6 is 12.2 Å². The fourth-order valence-electron chi connectivity index (χ4n) is 1.59. The molecule has 0 fully saturated rings. The van der Waals surface area contributed by atoms with E-state index in [9.17, 15) is 0 Å². The summed E-state index contributed by atoms with van der Waals surface area (Å²) in [4.78, 5) is 0. The van der Waals surface area contributed by atoms with Gasteiger partial charge >= 0.3 is 0 Å². The largest absolute Gasteiger partial charge is 0.494 e. The van der Waals surface area contributed by atoms with Crippen molar-refractivity contribution in [2.24, 2.45) is 5.10 Å². The Bertz CT molecular complexity index is 418. The van der Waals surface area contributed by atoms with Crippen LogP contribution in [0.5, 0.6) is 5.75 Å². The number of hydrogen-bond acceptors (Lipinski definition) is 3. The number of ether oxygens (including phenoxy) is 1. The van der Waals surface area contributed by atoms with Crippen LogP contribution in [0.15, 0.2) is 29.4 Å². The second kappa shape index (κ2) is 10.2. The van der Waals surface area contributed by atoms with E-state index in [1.807, 2.05) is 24.3 Å². The van der Waals surface area contributed by atoms with Crippen molar-refractivity contribution >= 4 is 23.5 Å². The molecule has 2 N–H and O–H groups in total. The molecule has 1 aromatic carbocycles. The molecule has 20 heavy (non-hydrogen) atoms. The quantitative estimate of drug-likeness (QED) is 0.335. The smallest absolute Gasteiger partial charge is 0.186 e. The molecule has 0 radical (unpaired) electrons. The SMILES string of the molecule is CCCCCCOc1ccc(/C=N/NC(=S)NC)cc1. The van der Waals surface area contributed by atoms with Crippen molar-refractivity contribution in [3.05, 3.63) is 29.8 Å². The van der Waals surface area contributed by atoms with Crippen molar-refractivity contribution < 1.29 is 4.74 Å². The van der Waals surface area contributed by atoms with Gasteiger partial charge in [0, 0.05) is 7.05 Å². The molecule has 0 aliphatic carbocycles. The second-order valence-corrected chi connectivity index (χ2v) is 4.84. The normalized spacial score (nSPS) is 10.5. The van der Waals surface area contributed by atoms with Crippen LogP contribution in [0.25, 0.3) is 0 Å². The number of nitrogens with one attached hydrogen (secondary N) is 2. The van der Waals surface area contributed by atoms with Crippen molar-refractivity contribution in [1.29, 1.82) is 0 Å². The van der Waals surface area contributed by atoms with Crippen LogP contribution in [0.3, 0.4) is 0 Å². The fourth-order valence-corrected chi connectivity index (χ4v) is 1.64. The summed E-state index contributed by atoms with van der Waals surface area (Å²) < 4.78 is 5.68. The molecule has 1 rings (SSSR count). The molecule has 5 heteroatoms. The summed E-state index contributed by atoms with van der Waals surface area (Å²) in [5.41, 5.74) is 3.70. The third-order valence-corrected chi connectivity index (χ3v) is 3.05. The average Bonchev–Trinajstić information content (AvgIpc) is 2.48. The third kappa shape index (κ3) is 7.09. The van der Waals surface area contributed by atoms with E-state index in [2.05, 4.69) is 22.8 Å². The van der Waals surface area contributed by atoms with Gasteiger partial charge in [0.1, 0.15) is 5.75 Å². The zero-order chi connectivity index (χ0) is 14.6. The molecule has 0 bridgehead atoms. The van der Waals surface area contributed by atoms with Gasteiger partial charge in [-0.25, -0.2) is 0 Å². The molecule has 0 saturated carbocycles. The number of benzene rings is 1. The van der Waals surface area contributed by atoms with Gasteiger partial charge in [-0.1, -0.05) is 26.2 Å². The Labute approximate surface area is 126 Å². The van der Waals surface area contributed by atoms with Crippen LogP contribution in [-0.2, 0) is 0 Å². The number of hydrogen-bond donors (Lipinski definition) is 2. The molecular formula is C15H23N3OS. The Kier molecular flexibility index (Phi) is 8.38. The number of nitrogens with zero attached hydrogens (tertiary/aromatic N) is 1. The molecule has 0 atom stereocenters. The van der Waals surface area contributed by atoms with Crippen LogP contribution < -0.4 is 15.5 Å². The summed E-state index contributed by atoms with van der Waals surface area (Å²) in [5, 5.41) is 7.30. The highest BCUT2D eigenvalue weighted by Gasteiger charge is 1.94. The topological polar surface area (TPSA) is 45.6 Å². The molecule has 0 saturated heterocycles. The number of rotatable bonds is 8. The first kappa shape index (κ1) is 16.4.